The fourth-order valence-electron chi connectivity index (χ4n) is 1.84. The van der Waals surface area contributed by atoms with Crippen LogP contribution in [0.5, 0.6) is 0 Å². The maximum absolute atomic E-state index is 4.59. The van der Waals surface area contributed by atoms with E-state index in [-0.39, 0.29) is 0 Å². The Kier molecular flexibility index (Phi) is 2.73. The normalized spacial score (nSPS) is 10.5. The van der Waals surface area contributed by atoms with Crippen molar-refractivity contribution in [2.24, 2.45) is 0 Å². The van der Waals surface area contributed by atoms with Gasteiger partial charge in [-0.15, -0.1) is 0 Å². The van der Waals surface area contributed by atoms with Gasteiger partial charge in [-0.2, -0.15) is 0 Å². The highest BCUT2D eigenvalue weighted by molar-refractivity contribution is 5.65. The van der Waals surface area contributed by atoms with Crippen LogP contribution in [-0.2, 0) is 0 Å². The molecule has 0 fully saturated rings. The van der Waals surface area contributed by atoms with Crippen LogP contribution in [0, 0.1) is 27.7 Å². The standard InChI is InChI=1S/C14H16N2/c1-9-5-6-11(3)16-14(9)13-8-7-10(2)15-12(13)4/h5-8H,1-4H3. The molecule has 2 heteroatoms. The van der Waals surface area contributed by atoms with Crippen molar-refractivity contribution < 1.29 is 0 Å². The van der Waals surface area contributed by atoms with Gasteiger partial charge >= 0.3 is 0 Å². The number of aromatic nitrogens is 2. The second kappa shape index (κ2) is 4.05. The lowest BCUT2D eigenvalue weighted by molar-refractivity contribution is 1.10. The zero-order valence-corrected chi connectivity index (χ0v) is 10.2. The highest BCUT2D eigenvalue weighted by Crippen LogP contribution is 2.23. The molecule has 0 spiro atoms. The molecule has 0 N–H and O–H groups in total. The fraction of sp³-hybridized carbons (Fsp3) is 0.286. The second-order valence-electron chi connectivity index (χ2n) is 4.20. The Labute approximate surface area is 96.4 Å². The summed E-state index contributed by atoms with van der Waals surface area (Å²) in [5.41, 5.74) is 6.50. The van der Waals surface area contributed by atoms with Crippen molar-refractivity contribution in [1.82, 2.24) is 9.97 Å². The summed E-state index contributed by atoms with van der Waals surface area (Å²) < 4.78 is 0. The Balaban J connectivity index is 2.62. The van der Waals surface area contributed by atoms with Gasteiger partial charge in [0.2, 0.25) is 0 Å². The predicted octanol–water partition coefficient (Wildman–Crippen LogP) is 3.38. The number of aryl methyl sites for hydroxylation is 4. The summed E-state index contributed by atoms with van der Waals surface area (Å²) in [6.07, 6.45) is 0. The van der Waals surface area contributed by atoms with Gasteiger partial charge in [0.25, 0.3) is 0 Å². The maximum Gasteiger partial charge on any atom is 0.0752 e. The Morgan fingerprint density at radius 1 is 0.750 bits per heavy atom. The first-order valence-corrected chi connectivity index (χ1v) is 5.47. The molecular weight excluding hydrogens is 196 g/mol. The zero-order valence-electron chi connectivity index (χ0n) is 10.2. The quantitative estimate of drug-likeness (QED) is 0.724. The van der Waals surface area contributed by atoms with Crippen LogP contribution >= 0.6 is 0 Å². The molecule has 0 aliphatic heterocycles. The van der Waals surface area contributed by atoms with Gasteiger partial charge in [0, 0.05) is 22.6 Å². The van der Waals surface area contributed by atoms with E-state index < -0.39 is 0 Å². The molecular formula is C14H16N2. The highest BCUT2D eigenvalue weighted by atomic mass is 14.7. The van der Waals surface area contributed by atoms with Crippen molar-refractivity contribution in [3.8, 4) is 11.3 Å². The summed E-state index contributed by atoms with van der Waals surface area (Å²) in [6.45, 7) is 8.14. The van der Waals surface area contributed by atoms with Gasteiger partial charge in [0.1, 0.15) is 0 Å². The number of rotatable bonds is 1. The van der Waals surface area contributed by atoms with E-state index in [1.54, 1.807) is 0 Å². The van der Waals surface area contributed by atoms with Crippen molar-refractivity contribution in [3.63, 3.8) is 0 Å². The third kappa shape index (κ3) is 1.96. The first-order valence-electron chi connectivity index (χ1n) is 5.47. The fourth-order valence-corrected chi connectivity index (χ4v) is 1.84. The molecule has 82 valence electrons. The molecule has 0 unspecified atom stereocenters. The Bertz CT molecular complexity index is 530. The summed E-state index contributed by atoms with van der Waals surface area (Å²) >= 11 is 0. The van der Waals surface area contributed by atoms with Gasteiger partial charge in [0.15, 0.2) is 0 Å². The molecule has 0 amide bonds. The summed E-state index contributed by atoms with van der Waals surface area (Å²) in [5, 5.41) is 0. The minimum absolute atomic E-state index is 1.04. The van der Waals surface area contributed by atoms with E-state index in [0.29, 0.717) is 0 Å². The number of hydrogen-bond acceptors (Lipinski definition) is 2. The lowest BCUT2D eigenvalue weighted by Crippen LogP contribution is -1.95. The van der Waals surface area contributed by atoms with Crippen LogP contribution in [0.25, 0.3) is 11.3 Å². The lowest BCUT2D eigenvalue weighted by Gasteiger charge is -2.09. The molecule has 0 aromatic carbocycles. The predicted molar refractivity (Wildman–Crippen MR) is 66.4 cm³/mol. The summed E-state index contributed by atoms with van der Waals surface area (Å²) in [7, 11) is 0. The van der Waals surface area contributed by atoms with Crippen molar-refractivity contribution in [1.29, 1.82) is 0 Å². The van der Waals surface area contributed by atoms with E-state index in [0.717, 1.165) is 28.3 Å². The average Bonchev–Trinajstić information content (AvgIpc) is 2.22. The molecule has 2 heterocycles. The Morgan fingerprint density at radius 3 is 2.06 bits per heavy atom. The largest absolute Gasteiger partial charge is 0.258 e. The highest BCUT2D eigenvalue weighted by Gasteiger charge is 2.07. The van der Waals surface area contributed by atoms with Gasteiger partial charge in [-0.25, -0.2) is 0 Å². The SMILES string of the molecule is Cc1ccc(-c2nc(C)ccc2C)c(C)n1. The van der Waals surface area contributed by atoms with Crippen LogP contribution in [-0.4, -0.2) is 9.97 Å². The van der Waals surface area contributed by atoms with E-state index in [1.165, 1.54) is 5.56 Å². The van der Waals surface area contributed by atoms with Gasteiger partial charge < -0.3 is 0 Å². The summed E-state index contributed by atoms with van der Waals surface area (Å²) in [4.78, 5) is 9.07. The number of hydrogen-bond donors (Lipinski definition) is 0. The molecule has 16 heavy (non-hydrogen) atoms. The van der Waals surface area contributed by atoms with Crippen LogP contribution in [0.2, 0.25) is 0 Å². The van der Waals surface area contributed by atoms with Crippen molar-refractivity contribution in [2.75, 3.05) is 0 Å². The van der Waals surface area contributed by atoms with Crippen LogP contribution in [0.4, 0.5) is 0 Å². The van der Waals surface area contributed by atoms with E-state index >= 15 is 0 Å². The van der Waals surface area contributed by atoms with E-state index in [2.05, 4.69) is 29.0 Å². The van der Waals surface area contributed by atoms with Crippen molar-refractivity contribution in [3.05, 3.63) is 46.9 Å². The molecule has 0 aliphatic rings. The van der Waals surface area contributed by atoms with Crippen molar-refractivity contribution in [2.45, 2.75) is 27.7 Å². The molecule has 0 bridgehead atoms. The molecule has 2 aromatic heterocycles. The molecule has 2 aromatic rings. The monoisotopic (exact) mass is 212 g/mol. The molecule has 0 atom stereocenters. The Hall–Kier alpha value is -1.70. The lowest BCUT2D eigenvalue weighted by atomic mass is 10.0. The topological polar surface area (TPSA) is 25.8 Å². The van der Waals surface area contributed by atoms with Crippen LogP contribution in [0.3, 0.4) is 0 Å². The third-order valence-electron chi connectivity index (χ3n) is 2.72. The number of nitrogens with zero attached hydrogens (tertiary/aromatic N) is 2. The van der Waals surface area contributed by atoms with Crippen LogP contribution in [0.15, 0.2) is 24.3 Å². The van der Waals surface area contributed by atoms with E-state index in [1.807, 2.05) is 32.9 Å². The van der Waals surface area contributed by atoms with E-state index in [4.69, 9.17) is 0 Å². The number of pyridine rings is 2. The van der Waals surface area contributed by atoms with Gasteiger partial charge in [0.05, 0.1) is 5.69 Å². The molecule has 0 radical (unpaired) electrons. The molecule has 0 saturated carbocycles. The van der Waals surface area contributed by atoms with Gasteiger partial charge in [-0.1, -0.05) is 6.07 Å². The van der Waals surface area contributed by atoms with Crippen LogP contribution < -0.4 is 0 Å². The minimum atomic E-state index is 1.04. The first-order chi connectivity index (χ1) is 7.58. The van der Waals surface area contributed by atoms with E-state index in [9.17, 15) is 0 Å². The maximum atomic E-state index is 4.59. The summed E-state index contributed by atoms with van der Waals surface area (Å²) in [5.74, 6) is 0. The second-order valence-corrected chi connectivity index (χ2v) is 4.20. The van der Waals surface area contributed by atoms with Crippen LogP contribution in [0.1, 0.15) is 22.6 Å². The minimum Gasteiger partial charge on any atom is -0.258 e. The molecule has 2 rings (SSSR count). The zero-order chi connectivity index (χ0) is 11.7. The first kappa shape index (κ1) is 10.8. The summed E-state index contributed by atoms with van der Waals surface area (Å²) in [6, 6.07) is 8.28. The van der Waals surface area contributed by atoms with Crippen molar-refractivity contribution >= 4 is 0 Å². The van der Waals surface area contributed by atoms with Gasteiger partial charge in [-0.05, 0) is 51.5 Å². The molecule has 0 saturated heterocycles. The third-order valence-corrected chi connectivity index (χ3v) is 2.72. The Morgan fingerprint density at radius 2 is 1.38 bits per heavy atom. The average molecular weight is 212 g/mol. The molecule has 2 nitrogen and oxygen atoms in total. The smallest absolute Gasteiger partial charge is 0.0752 e. The molecule has 0 aliphatic carbocycles. The van der Waals surface area contributed by atoms with Gasteiger partial charge in [-0.3, -0.25) is 9.97 Å².